The molecular weight excluding hydrogens is 240 g/mol. The van der Waals surface area contributed by atoms with E-state index in [4.69, 9.17) is 0 Å². The second-order valence-corrected chi connectivity index (χ2v) is 4.50. The van der Waals surface area contributed by atoms with Crippen LogP contribution in [0.5, 0.6) is 0 Å². The largest absolute Gasteiger partial charge is 0.363 e. The minimum Gasteiger partial charge on any atom is -0.363 e. The van der Waals surface area contributed by atoms with Crippen LogP contribution in [0.15, 0.2) is 24.3 Å². The summed E-state index contributed by atoms with van der Waals surface area (Å²) in [4.78, 5) is 24.3. The summed E-state index contributed by atoms with van der Waals surface area (Å²) in [5.41, 5.74) is 2.25. The summed E-state index contributed by atoms with van der Waals surface area (Å²) in [6.07, 6.45) is 2.75. The standard InChI is InChI=1S/C15H22N2O2/c1-4-12-7-9-13(10-8-12)17(3)14(6-5-11-18)15(19)16-2/h7-11,14H,4-6H2,1-3H3,(H,16,19). The van der Waals surface area contributed by atoms with Crippen molar-refractivity contribution < 1.29 is 9.59 Å². The Bertz CT molecular complexity index is 415. The number of hydrogen-bond donors (Lipinski definition) is 1. The van der Waals surface area contributed by atoms with Crippen molar-refractivity contribution in [2.24, 2.45) is 0 Å². The molecule has 0 bridgehead atoms. The van der Waals surface area contributed by atoms with Crippen LogP contribution in [-0.4, -0.2) is 32.3 Å². The van der Waals surface area contributed by atoms with Crippen LogP contribution in [0.3, 0.4) is 0 Å². The zero-order valence-electron chi connectivity index (χ0n) is 11.8. The fourth-order valence-electron chi connectivity index (χ4n) is 2.04. The summed E-state index contributed by atoms with van der Waals surface area (Å²) in [5.74, 6) is -0.0658. The number of aryl methyl sites for hydroxylation is 1. The topological polar surface area (TPSA) is 49.4 Å². The average molecular weight is 262 g/mol. The molecule has 1 unspecified atom stereocenters. The normalized spacial score (nSPS) is 11.7. The van der Waals surface area contributed by atoms with E-state index in [9.17, 15) is 9.59 Å². The van der Waals surface area contributed by atoms with E-state index in [0.717, 1.165) is 18.4 Å². The van der Waals surface area contributed by atoms with Gasteiger partial charge in [0.25, 0.3) is 0 Å². The summed E-state index contributed by atoms with van der Waals surface area (Å²) in [6.45, 7) is 2.11. The monoisotopic (exact) mass is 262 g/mol. The van der Waals surface area contributed by atoms with Gasteiger partial charge in [0, 0.05) is 26.2 Å². The molecule has 4 nitrogen and oxygen atoms in total. The van der Waals surface area contributed by atoms with E-state index >= 15 is 0 Å². The molecule has 1 rings (SSSR count). The first-order valence-corrected chi connectivity index (χ1v) is 6.61. The van der Waals surface area contributed by atoms with Gasteiger partial charge in [-0.15, -0.1) is 0 Å². The van der Waals surface area contributed by atoms with Crippen LogP contribution in [0, 0.1) is 0 Å². The molecule has 0 aliphatic carbocycles. The van der Waals surface area contributed by atoms with Crippen molar-refractivity contribution in [3.05, 3.63) is 29.8 Å². The lowest BCUT2D eigenvalue weighted by Crippen LogP contribution is -2.44. The molecule has 0 saturated heterocycles. The van der Waals surface area contributed by atoms with Gasteiger partial charge in [0.2, 0.25) is 5.91 Å². The predicted octanol–water partition coefficient (Wildman–Crippen LogP) is 1.78. The molecule has 1 N–H and O–H groups in total. The number of hydrogen-bond acceptors (Lipinski definition) is 3. The lowest BCUT2D eigenvalue weighted by molar-refractivity contribution is -0.122. The van der Waals surface area contributed by atoms with E-state index < -0.39 is 0 Å². The Morgan fingerprint density at radius 3 is 2.47 bits per heavy atom. The third kappa shape index (κ3) is 4.09. The third-order valence-electron chi connectivity index (χ3n) is 3.33. The van der Waals surface area contributed by atoms with Gasteiger partial charge in [-0.1, -0.05) is 19.1 Å². The number of nitrogens with zero attached hydrogens (tertiary/aromatic N) is 1. The summed E-state index contributed by atoms with van der Waals surface area (Å²) in [6, 6.07) is 7.83. The number of rotatable bonds is 7. The first kappa shape index (κ1) is 15.2. The molecular formula is C15H22N2O2. The van der Waals surface area contributed by atoms with Gasteiger partial charge < -0.3 is 15.0 Å². The van der Waals surface area contributed by atoms with Crippen LogP contribution in [0.2, 0.25) is 0 Å². The highest BCUT2D eigenvalue weighted by atomic mass is 16.2. The first-order chi connectivity index (χ1) is 9.13. The summed E-state index contributed by atoms with van der Waals surface area (Å²) < 4.78 is 0. The van der Waals surface area contributed by atoms with Crippen molar-refractivity contribution >= 4 is 17.9 Å². The van der Waals surface area contributed by atoms with Crippen molar-refractivity contribution in [3.8, 4) is 0 Å². The number of anilines is 1. The molecule has 0 heterocycles. The van der Waals surface area contributed by atoms with Gasteiger partial charge in [0.15, 0.2) is 0 Å². The zero-order chi connectivity index (χ0) is 14.3. The first-order valence-electron chi connectivity index (χ1n) is 6.61. The van der Waals surface area contributed by atoms with Gasteiger partial charge in [0.05, 0.1) is 0 Å². The zero-order valence-corrected chi connectivity index (χ0v) is 11.8. The fourth-order valence-corrected chi connectivity index (χ4v) is 2.04. The molecule has 0 fully saturated rings. The van der Waals surface area contributed by atoms with Gasteiger partial charge in [-0.3, -0.25) is 4.79 Å². The number of carbonyl (C=O) groups excluding carboxylic acids is 2. The highest BCUT2D eigenvalue weighted by molar-refractivity contribution is 5.85. The fraction of sp³-hybridized carbons (Fsp3) is 0.467. The Balaban J connectivity index is 2.86. The second kappa shape index (κ2) is 7.56. The van der Waals surface area contributed by atoms with Crippen molar-refractivity contribution in [2.45, 2.75) is 32.2 Å². The van der Waals surface area contributed by atoms with Crippen molar-refractivity contribution in [2.75, 3.05) is 19.0 Å². The van der Waals surface area contributed by atoms with Crippen LogP contribution in [0.1, 0.15) is 25.3 Å². The lowest BCUT2D eigenvalue weighted by Gasteiger charge is -2.28. The maximum Gasteiger partial charge on any atom is 0.242 e. The molecule has 0 spiro atoms. The quantitative estimate of drug-likeness (QED) is 0.762. The number of likely N-dealkylation sites (N-methyl/N-ethyl adjacent to an activating group) is 2. The Morgan fingerprint density at radius 2 is 2.00 bits per heavy atom. The van der Waals surface area contributed by atoms with Crippen molar-refractivity contribution in [1.82, 2.24) is 5.32 Å². The van der Waals surface area contributed by atoms with Crippen LogP contribution < -0.4 is 10.2 Å². The summed E-state index contributed by atoms with van der Waals surface area (Å²) >= 11 is 0. The molecule has 1 aromatic carbocycles. The third-order valence-corrected chi connectivity index (χ3v) is 3.33. The van der Waals surface area contributed by atoms with Gasteiger partial charge in [-0.25, -0.2) is 0 Å². The average Bonchev–Trinajstić information content (AvgIpc) is 2.47. The van der Waals surface area contributed by atoms with Crippen molar-refractivity contribution in [3.63, 3.8) is 0 Å². The van der Waals surface area contributed by atoms with E-state index in [1.807, 2.05) is 24.1 Å². The Labute approximate surface area is 114 Å². The van der Waals surface area contributed by atoms with Gasteiger partial charge in [-0.05, 0) is 30.5 Å². The van der Waals surface area contributed by atoms with Crippen LogP contribution in [-0.2, 0) is 16.0 Å². The molecule has 1 aromatic rings. The molecule has 4 heteroatoms. The van der Waals surface area contributed by atoms with Gasteiger partial charge in [0.1, 0.15) is 12.3 Å². The highest BCUT2D eigenvalue weighted by Crippen LogP contribution is 2.18. The molecule has 0 aliphatic rings. The summed E-state index contributed by atoms with van der Waals surface area (Å²) in [5, 5.41) is 2.65. The molecule has 1 amide bonds. The van der Waals surface area contributed by atoms with E-state index in [-0.39, 0.29) is 11.9 Å². The maximum absolute atomic E-state index is 11.9. The number of benzene rings is 1. The summed E-state index contributed by atoms with van der Waals surface area (Å²) in [7, 11) is 3.50. The van der Waals surface area contributed by atoms with Crippen molar-refractivity contribution in [1.29, 1.82) is 0 Å². The molecule has 19 heavy (non-hydrogen) atoms. The Hall–Kier alpha value is -1.84. The second-order valence-electron chi connectivity index (χ2n) is 4.50. The van der Waals surface area contributed by atoms with Crippen LogP contribution >= 0.6 is 0 Å². The number of aldehydes is 1. The maximum atomic E-state index is 11.9. The molecule has 1 atom stereocenters. The minimum atomic E-state index is -0.317. The number of carbonyl (C=O) groups is 2. The highest BCUT2D eigenvalue weighted by Gasteiger charge is 2.21. The predicted molar refractivity (Wildman–Crippen MR) is 77.4 cm³/mol. The minimum absolute atomic E-state index is 0.0658. The van der Waals surface area contributed by atoms with E-state index in [2.05, 4.69) is 24.4 Å². The SMILES string of the molecule is CCc1ccc(N(C)C(CCC=O)C(=O)NC)cc1. The van der Waals surface area contributed by atoms with Crippen LogP contribution in [0.25, 0.3) is 0 Å². The van der Waals surface area contributed by atoms with Crippen LogP contribution in [0.4, 0.5) is 5.69 Å². The molecule has 0 aromatic heterocycles. The number of amides is 1. The molecule has 0 aliphatic heterocycles. The van der Waals surface area contributed by atoms with E-state index in [1.54, 1.807) is 7.05 Å². The van der Waals surface area contributed by atoms with Gasteiger partial charge in [-0.2, -0.15) is 0 Å². The lowest BCUT2D eigenvalue weighted by atomic mass is 10.1. The van der Waals surface area contributed by atoms with Gasteiger partial charge >= 0.3 is 0 Å². The smallest absolute Gasteiger partial charge is 0.242 e. The molecule has 0 radical (unpaired) electrons. The Kier molecular flexibility index (Phi) is 6.06. The molecule has 0 saturated carbocycles. The van der Waals surface area contributed by atoms with E-state index in [0.29, 0.717) is 12.8 Å². The Morgan fingerprint density at radius 1 is 1.37 bits per heavy atom. The van der Waals surface area contributed by atoms with E-state index in [1.165, 1.54) is 5.56 Å². The molecule has 104 valence electrons. The number of nitrogens with one attached hydrogen (secondary N) is 1.